The first kappa shape index (κ1) is 24.8. The molecule has 2 aliphatic rings. The Labute approximate surface area is 211 Å². The molecule has 182 valence electrons. The quantitative estimate of drug-likeness (QED) is 0.473. The lowest BCUT2D eigenvalue weighted by atomic mass is 9.92. The van der Waals surface area contributed by atoms with Crippen molar-refractivity contribution in [2.75, 3.05) is 14.2 Å². The summed E-state index contributed by atoms with van der Waals surface area (Å²) in [6.45, 7) is 6.68. The van der Waals surface area contributed by atoms with Gasteiger partial charge in [0, 0.05) is 19.3 Å². The number of allylic oxidation sites excluding steroid dienone is 1. The summed E-state index contributed by atoms with van der Waals surface area (Å²) in [5, 5.41) is 2.73. The molecule has 0 spiro atoms. The molecule has 6 nitrogen and oxygen atoms in total. The third-order valence-corrected chi connectivity index (χ3v) is 7.23. The van der Waals surface area contributed by atoms with Gasteiger partial charge in [-0.3, -0.25) is 4.79 Å². The van der Waals surface area contributed by atoms with Crippen LogP contribution in [0.25, 0.3) is 0 Å². The predicted octanol–water partition coefficient (Wildman–Crippen LogP) is 5.61. The lowest BCUT2D eigenvalue weighted by Gasteiger charge is -2.36. The van der Waals surface area contributed by atoms with Gasteiger partial charge in [0.2, 0.25) is 5.91 Å². The second-order valence-corrected chi connectivity index (χ2v) is 9.95. The Morgan fingerprint density at radius 2 is 1.80 bits per heavy atom. The Kier molecular flexibility index (Phi) is 7.45. The van der Waals surface area contributed by atoms with Crippen LogP contribution in [0, 0.1) is 0 Å². The van der Waals surface area contributed by atoms with E-state index in [1.54, 1.807) is 4.90 Å². The number of thioether (sulfide) groups is 1. The summed E-state index contributed by atoms with van der Waals surface area (Å²) < 4.78 is 5.15. The number of carbonyl (C=O) groups excluding carboxylic acids is 2. The fraction of sp³-hybridized carbons (Fsp3) is 0.321. The van der Waals surface area contributed by atoms with Gasteiger partial charge in [0.15, 0.2) is 5.17 Å². The van der Waals surface area contributed by atoms with Crippen molar-refractivity contribution < 1.29 is 14.3 Å². The van der Waals surface area contributed by atoms with Crippen LogP contribution in [-0.4, -0.2) is 41.0 Å². The number of methoxy groups -OCH3 is 1. The van der Waals surface area contributed by atoms with Crippen molar-refractivity contribution in [3.8, 4) is 0 Å². The summed E-state index contributed by atoms with van der Waals surface area (Å²) in [7, 11) is 3.20. The first-order valence-electron chi connectivity index (χ1n) is 11.7. The van der Waals surface area contributed by atoms with Crippen molar-refractivity contribution in [1.29, 1.82) is 0 Å². The van der Waals surface area contributed by atoms with Gasteiger partial charge in [0.05, 0.1) is 30.8 Å². The zero-order valence-electron chi connectivity index (χ0n) is 20.8. The van der Waals surface area contributed by atoms with E-state index in [0.29, 0.717) is 23.7 Å². The number of rotatable bonds is 7. The van der Waals surface area contributed by atoms with Crippen LogP contribution in [0.4, 0.5) is 0 Å². The Balaban J connectivity index is 1.64. The molecule has 1 unspecified atom stereocenters. The van der Waals surface area contributed by atoms with Crippen molar-refractivity contribution in [3.63, 3.8) is 0 Å². The fourth-order valence-corrected chi connectivity index (χ4v) is 5.32. The maximum absolute atomic E-state index is 13.2. The molecular formula is C28H31N3O3S. The molecule has 0 N–H and O–H groups in total. The SMILES string of the molecule is COC(=O)C1=C(C)N=C2SC=C(CC(=O)N(C)Cc3ccccc3)N2C1c1ccc(C(C)C)cc1. The molecule has 0 fully saturated rings. The van der Waals surface area contributed by atoms with Crippen molar-refractivity contribution in [2.24, 2.45) is 4.99 Å². The molecular weight excluding hydrogens is 458 g/mol. The van der Waals surface area contributed by atoms with Crippen molar-refractivity contribution in [2.45, 2.75) is 45.7 Å². The lowest BCUT2D eigenvalue weighted by Crippen LogP contribution is -2.38. The van der Waals surface area contributed by atoms with Crippen LogP contribution in [0.1, 0.15) is 55.8 Å². The standard InChI is InChI=1S/C28H31N3O3S/c1-18(2)21-11-13-22(14-12-21)26-25(27(33)34-5)19(3)29-28-31(26)23(17-35-28)15-24(32)30(4)16-20-9-7-6-8-10-20/h6-14,17-18,26H,15-16H2,1-5H3. The van der Waals surface area contributed by atoms with Gasteiger partial charge >= 0.3 is 5.97 Å². The Morgan fingerprint density at radius 3 is 2.43 bits per heavy atom. The number of hydrogen-bond acceptors (Lipinski definition) is 6. The van der Waals surface area contributed by atoms with Crippen molar-refractivity contribution in [3.05, 3.63) is 93.7 Å². The van der Waals surface area contributed by atoms with E-state index in [1.807, 2.05) is 54.6 Å². The molecule has 1 atom stereocenters. The van der Waals surface area contributed by atoms with E-state index in [9.17, 15) is 9.59 Å². The van der Waals surface area contributed by atoms with E-state index in [0.717, 1.165) is 22.0 Å². The molecule has 0 saturated heterocycles. The third kappa shape index (κ3) is 5.20. The van der Waals surface area contributed by atoms with Gasteiger partial charge in [0.1, 0.15) is 0 Å². The van der Waals surface area contributed by atoms with E-state index in [-0.39, 0.29) is 12.3 Å². The van der Waals surface area contributed by atoms with Crippen LogP contribution in [0.5, 0.6) is 0 Å². The second kappa shape index (κ2) is 10.5. The topological polar surface area (TPSA) is 62.2 Å². The minimum absolute atomic E-state index is 0.00162. The van der Waals surface area contributed by atoms with Crippen LogP contribution in [0.2, 0.25) is 0 Å². The maximum atomic E-state index is 13.2. The first-order valence-corrected chi connectivity index (χ1v) is 12.6. The molecule has 2 heterocycles. The zero-order chi connectivity index (χ0) is 25.1. The number of benzene rings is 2. The highest BCUT2D eigenvalue weighted by Gasteiger charge is 2.41. The summed E-state index contributed by atoms with van der Waals surface area (Å²) >= 11 is 1.48. The minimum Gasteiger partial charge on any atom is -0.466 e. The highest BCUT2D eigenvalue weighted by Crippen LogP contribution is 2.45. The van der Waals surface area contributed by atoms with Crippen molar-refractivity contribution in [1.82, 2.24) is 9.80 Å². The van der Waals surface area contributed by atoms with Gasteiger partial charge in [-0.1, -0.05) is 80.2 Å². The van der Waals surface area contributed by atoms with Gasteiger partial charge < -0.3 is 14.5 Å². The number of ether oxygens (including phenoxy) is 1. The average molecular weight is 490 g/mol. The van der Waals surface area contributed by atoms with Crippen LogP contribution < -0.4 is 0 Å². The molecule has 35 heavy (non-hydrogen) atoms. The lowest BCUT2D eigenvalue weighted by molar-refractivity contribution is -0.136. The molecule has 2 aromatic rings. The zero-order valence-corrected chi connectivity index (χ0v) is 21.6. The number of amidine groups is 1. The Morgan fingerprint density at radius 1 is 1.11 bits per heavy atom. The van der Waals surface area contributed by atoms with Crippen LogP contribution in [-0.2, 0) is 20.9 Å². The van der Waals surface area contributed by atoms with Gasteiger partial charge in [-0.05, 0) is 34.9 Å². The smallest absolute Gasteiger partial charge is 0.338 e. The number of carbonyl (C=O) groups is 2. The van der Waals surface area contributed by atoms with Crippen molar-refractivity contribution >= 4 is 28.8 Å². The monoisotopic (exact) mass is 489 g/mol. The fourth-order valence-electron chi connectivity index (χ4n) is 4.35. The van der Waals surface area contributed by atoms with Crippen LogP contribution in [0.15, 0.2) is 82.0 Å². The van der Waals surface area contributed by atoms with Gasteiger partial charge in [-0.15, -0.1) is 0 Å². The summed E-state index contributed by atoms with van der Waals surface area (Å²) in [6.07, 6.45) is 0.212. The van der Waals surface area contributed by atoms with E-state index in [2.05, 4.69) is 38.1 Å². The van der Waals surface area contributed by atoms with Crippen LogP contribution >= 0.6 is 11.8 Å². The normalized spacial score (nSPS) is 17.2. The van der Waals surface area contributed by atoms with Gasteiger partial charge in [0.25, 0.3) is 0 Å². The molecule has 4 rings (SSSR count). The molecule has 0 saturated carbocycles. The number of fused-ring (bicyclic) bond motifs is 1. The largest absolute Gasteiger partial charge is 0.466 e. The van der Waals surface area contributed by atoms with E-state index < -0.39 is 12.0 Å². The third-order valence-electron chi connectivity index (χ3n) is 6.35. The van der Waals surface area contributed by atoms with Gasteiger partial charge in [-0.2, -0.15) is 0 Å². The molecule has 1 amide bonds. The molecule has 7 heteroatoms. The van der Waals surface area contributed by atoms with E-state index in [1.165, 1.54) is 24.4 Å². The van der Waals surface area contributed by atoms with Gasteiger partial charge in [-0.25, -0.2) is 9.79 Å². The highest BCUT2D eigenvalue weighted by molar-refractivity contribution is 8.16. The van der Waals surface area contributed by atoms with Crippen LogP contribution in [0.3, 0.4) is 0 Å². The number of hydrogen-bond donors (Lipinski definition) is 0. The molecule has 2 aliphatic heterocycles. The number of nitrogens with zero attached hydrogens (tertiary/aromatic N) is 3. The summed E-state index contributed by atoms with van der Waals surface area (Å²) in [5.74, 6) is -0.00535. The number of esters is 1. The predicted molar refractivity (Wildman–Crippen MR) is 140 cm³/mol. The summed E-state index contributed by atoms with van der Waals surface area (Å²) in [5.41, 5.74) is 5.21. The Bertz CT molecular complexity index is 1200. The highest BCUT2D eigenvalue weighted by atomic mass is 32.2. The van der Waals surface area contributed by atoms with E-state index >= 15 is 0 Å². The molecule has 0 aliphatic carbocycles. The van der Waals surface area contributed by atoms with E-state index in [4.69, 9.17) is 9.73 Å². The number of amides is 1. The number of aliphatic imine (C=N–C) groups is 1. The first-order chi connectivity index (χ1) is 16.8. The average Bonchev–Trinajstić information content (AvgIpc) is 3.25. The molecule has 2 aromatic carbocycles. The molecule has 0 bridgehead atoms. The molecule has 0 aromatic heterocycles. The Hall–Kier alpha value is -3.32. The summed E-state index contributed by atoms with van der Waals surface area (Å²) in [6, 6.07) is 17.8. The maximum Gasteiger partial charge on any atom is 0.338 e. The molecule has 0 radical (unpaired) electrons. The summed E-state index contributed by atoms with van der Waals surface area (Å²) in [4.78, 5) is 34.5. The minimum atomic E-state index is -0.412. The second-order valence-electron chi connectivity index (χ2n) is 9.12.